The molecule has 2 heterocycles. The van der Waals surface area contributed by atoms with Crippen molar-refractivity contribution < 1.29 is 9.59 Å². The Morgan fingerprint density at radius 1 is 1.35 bits per heavy atom. The second kappa shape index (κ2) is 6.47. The molecule has 0 bridgehead atoms. The van der Waals surface area contributed by atoms with E-state index in [4.69, 9.17) is 0 Å². The van der Waals surface area contributed by atoms with Gasteiger partial charge in [-0.15, -0.1) is 0 Å². The van der Waals surface area contributed by atoms with Crippen molar-refractivity contribution in [1.82, 2.24) is 15.2 Å². The van der Waals surface area contributed by atoms with Gasteiger partial charge in [-0.3, -0.25) is 9.59 Å². The number of hydrogen-bond donors (Lipinski definition) is 2. The van der Waals surface area contributed by atoms with Gasteiger partial charge in [-0.05, 0) is 32.6 Å². The van der Waals surface area contributed by atoms with Crippen LogP contribution in [0.3, 0.4) is 0 Å². The minimum atomic E-state index is -0.0154. The normalized spacial score (nSPS) is 23.9. The first-order chi connectivity index (χ1) is 11.0. The highest BCUT2D eigenvalue weighted by Crippen LogP contribution is 2.42. The summed E-state index contributed by atoms with van der Waals surface area (Å²) in [6.07, 6.45) is 2.43. The van der Waals surface area contributed by atoms with Crippen molar-refractivity contribution in [2.45, 2.75) is 39.7 Å². The summed E-state index contributed by atoms with van der Waals surface area (Å²) in [6, 6.07) is 0.0883. The standard InChI is InChI=1S/C16H24N4O2S/c1-4-17-16-18-9(2)14(23-16)15(22)20-7-12(11-5-6-11)13(8-20)19-10(3)21/h11-13H,4-8H2,1-3H3,(H,17,18)(H,19,21). The first-order valence-corrected chi connectivity index (χ1v) is 9.09. The number of rotatable bonds is 5. The molecule has 1 saturated heterocycles. The van der Waals surface area contributed by atoms with Crippen LogP contribution in [0.1, 0.15) is 42.1 Å². The van der Waals surface area contributed by atoms with Crippen LogP contribution < -0.4 is 10.6 Å². The van der Waals surface area contributed by atoms with Gasteiger partial charge in [-0.1, -0.05) is 11.3 Å². The van der Waals surface area contributed by atoms with Crippen LogP contribution in [0.4, 0.5) is 5.13 Å². The van der Waals surface area contributed by atoms with Crippen LogP contribution in [0, 0.1) is 18.8 Å². The number of anilines is 1. The number of nitrogens with one attached hydrogen (secondary N) is 2. The molecule has 0 aromatic carbocycles. The predicted octanol–water partition coefficient (Wildman–Crippen LogP) is 1.87. The molecule has 0 spiro atoms. The highest BCUT2D eigenvalue weighted by atomic mass is 32.1. The van der Waals surface area contributed by atoms with Gasteiger partial charge >= 0.3 is 0 Å². The van der Waals surface area contributed by atoms with Crippen molar-refractivity contribution in [3.8, 4) is 0 Å². The Hall–Kier alpha value is -1.63. The third kappa shape index (κ3) is 3.49. The summed E-state index contributed by atoms with van der Waals surface area (Å²) in [5.74, 6) is 1.08. The monoisotopic (exact) mass is 336 g/mol. The van der Waals surface area contributed by atoms with Crippen molar-refractivity contribution in [3.05, 3.63) is 10.6 Å². The molecular weight excluding hydrogens is 312 g/mol. The van der Waals surface area contributed by atoms with Crippen molar-refractivity contribution >= 4 is 28.3 Å². The Bertz CT molecular complexity index is 611. The fourth-order valence-electron chi connectivity index (χ4n) is 3.38. The first kappa shape index (κ1) is 16.2. The summed E-state index contributed by atoms with van der Waals surface area (Å²) in [5, 5.41) is 6.99. The molecule has 23 heavy (non-hydrogen) atoms. The number of aromatic nitrogens is 1. The predicted molar refractivity (Wildman–Crippen MR) is 90.7 cm³/mol. The van der Waals surface area contributed by atoms with E-state index in [1.54, 1.807) is 6.92 Å². The molecule has 2 N–H and O–H groups in total. The topological polar surface area (TPSA) is 74.3 Å². The zero-order chi connectivity index (χ0) is 16.6. The summed E-state index contributed by atoms with van der Waals surface area (Å²) < 4.78 is 0. The summed E-state index contributed by atoms with van der Waals surface area (Å²) >= 11 is 1.42. The summed E-state index contributed by atoms with van der Waals surface area (Å²) in [6.45, 7) is 7.57. The number of nitrogens with zero attached hydrogens (tertiary/aromatic N) is 2. The minimum absolute atomic E-state index is 0.0154. The fourth-order valence-corrected chi connectivity index (χ4v) is 4.38. The third-order valence-corrected chi connectivity index (χ3v) is 5.69. The average Bonchev–Trinajstić information content (AvgIpc) is 3.15. The van der Waals surface area contributed by atoms with Crippen molar-refractivity contribution in [2.75, 3.05) is 25.0 Å². The second-order valence-electron chi connectivity index (χ2n) is 6.48. The lowest BCUT2D eigenvalue weighted by Crippen LogP contribution is -2.40. The summed E-state index contributed by atoms with van der Waals surface area (Å²) in [5.41, 5.74) is 0.780. The van der Waals surface area contributed by atoms with Crippen molar-refractivity contribution in [3.63, 3.8) is 0 Å². The van der Waals surface area contributed by atoms with Gasteiger partial charge in [0.1, 0.15) is 4.88 Å². The zero-order valence-electron chi connectivity index (χ0n) is 13.9. The number of hydrogen-bond acceptors (Lipinski definition) is 5. The minimum Gasteiger partial charge on any atom is -0.362 e. The molecule has 6 nitrogen and oxygen atoms in total. The van der Waals surface area contributed by atoms with E-state index >= 15 is 0 Å². The fraction of sp³-hybridized carbons (Fsp3) is 0.688. The van der Waals surface area contributed by atoms with Crippen LogP contribution in [0.5, 0.6) is 0 Å². The van der Waals surface area contributed by atoms with Crippen molar-refractivity contribution in [2.24, 2.45) is 11.8 Å². The van der Waals surface area contributed by atoms with Crippen LogP contribution >= 0.6 is 11.3 Å². The molecule has 2 amide bonds. The molecule has 7 heteroatoms. The van der Waals surface area contributed by atoms with Crippen molar-refractivity contribution in [1.29, 1.82) is 0 Å². The smallest absolute Gasteiger partial charge is 0.266 e. The Morgan fingerprint density at radius 3 is 2.70 bits per heavy atom. The molecule has 1 saturated carbocycles. The third-order valence-electron chi connectivity index (χ3n) is 4.59. The van der Waals surface area contributed by atoms with Gasteiger partial charge in [0.05, 0.1) is 11.7 Å². The summed E-state index contributed by atoms with van der Waals surface area (Å²) in [4.78, 5) is 31.3. The Balaban J connectivity index is 1.73. The van der Waals surface area contributed by atoms with E-state index in [1.807, 2.05) is 18.7 Å². The van der Waals surface area contributed by atoms with Gasteiger partial charge in [-0.2, -0.15) is 0 Å². The highest BCUT2D eigenvalue weighted by Gasteiger charge is 2.44. The molecule has 1 aliphatic carbocycles. The molecular formula is C16H24N4O2S. The Labute approximate surface area is 140 Å². The maximum Gasteiger partial charge on any atom is 0.266 e. The zero-order valence-corrected chi connectivity index (χ0v) is 14.7. The Morgan fingerprint density at radius 2 is 2.09 bits per heavy atom. The van der Waals surface area contributed by atoms with Gasteiger partial charge in [0, 0.05) is 32.5 Å². The van der Waals surface area contributed by atoms with Crippen LogP contribution in [0.2, 0.25) is 0 Å². The van der Waals surface area contributed by atoms with E-state index in [2.05, 4.69) is 15.6 Å². The number of aryl methyl sites for hydroxylation is 1. The number of amides is 2. The largest absolute Gasteiger partial charge is 0.362 e. The molecule has 2 unspecified atom stereocenters. The van der Waals surface area contributed by atoms with E-state index < -0.39 is 0 Å². The second-order valence-corrected chi connectivity index (χ2v) is 7.48. The van der Waals surface area contributed by atoms with Gasteiger partial charge in [-0.25, -0.2) is 4.98 Å². The van der Waals surface area contributed by atoms with E-state index in [9.17, 15) is 9.59 Å². The Kier molecular flexibility index (Phi) is 4.57. The maximum absolute atomic E-state index is 12.9. The van der Waals surface area contributed by atoms with Gasteiger partial charge in [0.25, 0.3) is 5.91 Å². The molecule has 3 rings (SSSR count). The lowest BCUT2D eigenvalue weighted by Gasteiger charge is -2.17. The maximum atomic E-state index is 12.9. The summed E-state index contributed by atoms with van der Waals surface area (Å²) in [7, 11) is 0. The number of carbonyl (C=O) groups is 2. The molecule has 1 aromatic rings. The van der Waals surface area contributed by atoms with E-state index in [0.29, 0.717) is 23.3 Å². The average molecular weight is 336 g/mol. The van der Waals surface area contributed by atoms with Crippen LogP contribution in [0.15, 0.2) is 0 Å². The van der Waals surface area contributed by atoms with E-state index in [-0.39, 0.29) is 17.9 Å². The van der Waals surface area contributed by atoms with Gasteiger partial charge in [0.15, 0.2) is 5.13 Å². The van der Waals surface area contributed by atoms with Crippen LogP contribution in [0.25, 0.3) is 0 Å². The van der Waals surface area contributed by atoms with Gasteiger partial charge in [0.2, 0.25) is 5.91 Å². The van der Waals surface area contributed by atoms with E-state index in [0.717, 1.165) is 23.9 Å². The number of thiazole rings is 1. The first-order valence-electron chi connectivity index (χ1n) is 8.27. The number of likely N-dealkylation sites (tertiary alicyclic amines) is 1. The highest BCUT2D eigenvalue weighted by molar-refractivity contribution is 7.17. The van der Waals surface area contributed by atoms with Crippen LogP contribution in [-0.4, -0.2) is 47.4 Å². The molecule has 2 aliphatic rings. The lowest BCUT2D eigenvalue weighted by molar-refractivity contribution is -0.119. The lowest BCUT2D eigenvalue weighted by atomic mass is 9.98. The van der Waals surface area contributed by atoms with E-state index in [1.165, 1.54) is 24.2 Å². The molecule has 1 aromatic heterocycles. The molecule has 126 valence electrons. The molecule has 2 atom stereocenters. The SMILES string of the molecule is CCNc1nc(C)c(C(=O)N2CC(NC(C)=O)C(C3CC3)C2)s1. The quantitative estimate of drug-likeness (QED) is 0.861. The number of carbonyl (C=O) groups excluding carboxylic acids is 2. The molecule has 0 radical (unpaired) electrons. The molecule has 2 fully saturated rings. The van der Waals surface area contributed by atoms with Crippen LogP contribution in [-0.2, 0) is 4.79 Å². The molecule has 1 aliphatic heterocycles. The van der Waals surface area contributed by atoms with Gasteiger partial charge < -0.3 is 15.5 Å².